The Morgan fingerprint density at radius 2 is 1.80 bits per heavy atom. The monoisotopic (exact) mass is 538 g/mol. The molecule has 0 aliphatic carbocycles. The molecule has 1 amide bonds. The molecule has 1 atom stereocenters. The molecular weight excluding hydrogens is 512 g/mol. The summed E-state index contributed by atoms with van der Waals surface area (Å²) in [4.78, 5) is 37.8. The van der Waals surface area contributed by atoms with Crippen LogP contribution in [0.3, 0.4) is 0 Å². The molecular formula is C30H26N4O6. The molecule has 0 radical (unpaired) electrons. The number of nitrogens with one attached hydrogen (secondary N) is 1. The van der Waals surface area contributed by atoms with E-state index in [0.717, 1.165) is 11.3 Å². The quantitative estimate of drug-likeness (QED) is 0.274. The third-order valence-corrected chi connectivity index (χ3v) is 6.43. The molecule has 2 aromatic heterocycles. The van der Waals surface area contributed by atoms with Crippen molar-refractivity contribution in [2.45, 2.75) is 25.8 Å². The van der Waals surface area contributed by atoms with E-state index in [1.165, 1.54) is 12.6 Å². The minimum absolute atomic E-state index is 0.142. The van der Waals surface area contributed by atoms with Crippen molar-refractivity contribution in [3.63, 3.8) is 0 Å². The summed E-state index contributed by atoms with van der Waals surface area (Å²) in [5.74, 6) is -1.01. The first kappa shape index (κ1) is 26.4. The average molecular weight is 539 g/mol. The second kappa shape index (κ2) is 11.6. The van der Waals surface area contributed by atoms with Crippen molar-refractivity contribution in [1.82, 2.24) is 20.1 Å². The molecule has 10 nitrogen and oxygen atoms in total. The van der Waals surface area contributed by atoms with Crippen molar-refractivity contribution in [3.05, 3.63) is 107 Å². The first-order valence-corrected chi connectivity index (χ1v) is 12.7. The van der Waals surface area contributed by atoms with E-state index < -0.39 is 24.5 Å². The largest absolute Gasteiger partial charge is 0.483 e. The summed E-state index contributed by atoms with van der Waals surface area (Å²) < 4.78 is 13.3. The summed E-state index contributed by atoms with van der Waals surface area (Å²) in [5.41, 5.74) is 2.52. The SMILES string of the molecule is CCc1cc2c(=O)c(-c3nncn3-c3ccccc3)coc2cc1OCC(=O)NC(Cc1ccccc1)C(=O)O. The highest BCUT2D eigenvalue weighted by molar-refractivity contribution is 5.85. The minimum atomic E-state index is -1.14. The molecule has 0 spiro atoms. The predicted octanol–water partition coefficient (Wildman–Crippen LogP) is 3.79. The molecule has 0 saturated heterocycles. The van der Waals surface area contributed by atoms with E-state index in [4.69, 9.17) is 9.15 Å². The summed E-state index contributed by atoms with van der Waals surface area (Å²) in [6.07, 6.45) is 3.52. The van der Waals surface area contributed by atoms with Gasteiger partial charge in [0.25, 0.3) is 5.91 Å². The fraction of sp³-hybridized carbons (Fsp3) is 0.167. The fourth-order valence-corrected chi connectivity index (χ4v) is 4.39. The number of hydrogen-bond acceptors (Lipinski definition) is 7. The number of nitrogens with zero attached hydrogens (tertiary/aromatic N) is 3. The fourth-order valence-electron chi connectivity index (χ4n) is 4.39. The lowest BCUT2D eigenvalue weighted by atomic mass is 10.1. The molecule has 5 rings (SSSR count). The van der Waals surface area contributed by atoms with Crippen LogP contribution in [-0.2, 0) is 22.4 Å². The third kappa shape index (κ3) is 5.60. The topological polar surface area (TPSA) is 137 Å². The van der Waals surface area contributed by atoms with Gasteiger partial charge in [0.2, 0.25) is 5.43 Å². The number of amides is 1. The highest BCUT2D eigenvalue weighted by Crippen LogP contribution is 2.27. The molecule has 1 unspecified atom stereocenters. The second-order valence-corrected chi connectivity index (χ2v) is 9.08. The van der Waals surface area contributed by atoms with Crippen LogP contribution in [0.1, 0.15) is 18.1 Å². The van der Waals surface area contributed by atoms with Crippen LogP contribution in [-0.4, -0.2) is 44.4 Å². The van der Waals surface area contributed by atoms with Gasteiger partial charge in [-0.15, -0.1) is 10.2 Å². The van der Waals surface area contributed by atoms with Crippen molar-refractivity contribution in [2.75, 3.05) is 6.61 Å². The molecule has 0 aliphatic rings. The maximum absolute atomic E-state index is 13.5. The zero-order valence-corrected chi connectivity index (χ0v) is 21.6. The number of aromatic nitrogens is 3. The number of hydrogen-bond donors (Lipinski definition) is 2. The third-order valence-electron chi connectivity index (χ3n) is 6.43. The number of carbonyl (C=O) groups is 2. The van der Waals surface area contributed by atoms with Gasteiger partial charge in [-0.25, -0.2) is 4.79 Å². The smallest absolute Gasteiger partial charge is 0.326 e. The Morgan fingerprint density at radius 3 is 2.50 bits per heavy atom. The Balaban J connectivity index is 1.36. The van der Waals surface area contributed by atoms with Crippen LogP contribution >= 0.6 is 0 Å². The van der Waals surface area contributed by atoms with Crippen LogP contribution < -0.4 is 15.5 Å². The molecule has 2 N–H and O–H groups in total. The Morgan fingerprint density at radius 1 is 1.07 bits per heavy atom. The molecule has 5 aromatic rings. The van der Waals surface area contributed by atoms with Crippen LogP contribution in [0.2, 0.25) is 0 Å². The standard InChI is InChI=1S/C30H26N4O6/c1-2-20-14-22-26(39-16-23(28(22)36)29-33-31-18-34(29)21-11-7-4-8-12-21)15-25(20)40-17-27(35)32-24(30(37)38)13-19-9-5-3-6-10-19/h3-12,14-16,18,24H,2,13,17H2,1H3,(H,32,35)(H,37,38). The van der Waals surface area contributed by atoms with Crippen molar-refractivity contribution in [3.8, 4) is 22.8 Å². The maximum Gasteiger partial charge on any atom is 0.326 e. The molecule has 10 heteroatoms. The van der Waals surface area contributed by atoms with Crippen LogP contribution in [0.4, 0.5) is 0 Å². The maximum atomic E-state index is 13.5. The summed E-state index contributed by atoms with van der Waals surface area (Å²) in [6, 6.07) is 20.6. The number of ether oxygens (including phenoxy) is 1. The lowest BCUT2D eigenvalue weighted by Gasteiger charge is -2.16. The predicted molar refractivity (Wildman–Crippen MR) is 147 cm³/mol. The minimum Gasteiger partial charge on any atom is -0.483 e. The first-order valence-electron chi connectivity index (χ1n) is 12.7. The Bertz CT molecular complexity index is 1710. The van der Waals surface area contributed by atoms with E-state index >= 15 is 0 Å². The summed E-state index contributed by atoms with van der Waals surface area (Å²) in [7, 11) is 0. The normalized spacial score (nSPS) is 11.7. The number of para-hydroxylation sites is 1. The van der Waals surface area contributed by atoms with E-state index in [1.54, 1.807) is 41.0 Å². The summed E-state index contributed by atoms with van der Waals surface area (Å²) >= 11 is 0. The van der Waals surface area contributed by atoms with E-state index in [0.29, 0.717) is 28.9 Å². The molecule has 0 fully saturated rings. The molecule has 40 heavy (non-hydrogen) atoms. The van der Waals surface area contributed by atoms with Gasteiger partial charge in [0.1, 0.15) is 35.5 Å². The van der Waals surface area contributed by atoms with Crippen molar-refractivity contribution in [1.29, 1.82) is 0 Å². The van der Waals surface area contributed by atoms with Gasteiger partial charge < -0.3 is 19.6 Å². The number of benzene rings is 3. The van der Waals surface area contributed by atoms with E-state index in [9.17, 15) is 19.5 Å². The summed E-state index contributed by atoms with van der Waals surface area (Å²) in [5, 5.41) is 20.5. The van der Waals surface area contributed by atoms with Crippen molar-refractivity contribution < 1.29 is 23.8 Å². The highest BCUT2D eigenvalue weighted by atomic mass is 16.5. The zero-order valence-electron chi connectivity index (χ0n) is 21.6. The van der Waals surface area contributed by atoms with Crippen LogP contribution in [0.5, 0.6) is 5.75 Å². The first-order chi connectivity index (χ1) is 19.4. The van der Waals surface area contributed by atoms with Gasteiger partial charge in [-0.3, -0.25) is 14.2 Å². The van der Waals surface area contributed by atoms with Crippen LogP contribution in [0.25, 0.3) is 28.0 Å². The van der Waals surface area contributed by atoms with Gasteiger partial charge in [0.15, 0.2) is 12.4 Å². The van der Waals surface area contributed by atoms with Crippen molar-refractivity contribution >= 4 is 22.8 Å². The van der Waals surface area contributed by atoms with Crippen molar-refractivity contribution in [2.24, 2.45) is 0 Å². The lowest BCUT2D eigenvalue weighted by Crippen LogP contribution is -2.44. The lowest BCUT2D eigenvalue weighted by molar-refractivity contribution is -0.142. The molecule has 0 bridgehead atoms. The number of carboxylic acid groups (broad SMARTS) is 1. The molecule has 2 heterocycles. The number of aliphatic carboxylic acids is 1. The van der Waals surface area contributed by atoms with Gasteiger partial charge >= 0.3 is 5.97 Å². The van der Waals surface area contributed by atoms with Crippen LogP contribution in [0, 0.1) is 0 Å². The number of rotatable bonds is 10. The van der Waals surface area contributed by atoms with E-state index in [2.05, 4.69) is 15.5 Å². The highest BCUT2D eigenvalue weighted by Gasteiger charge is 2.22. The van der Waals surface area contributed by atoms with Gasteiger partial charge in [0.05, 0.1) is 5.39 Å². The zero-order chi connectivity index (χ0) is 28.1. The van der Waals surface area contributed by atoms with Gasteiger partial charge in [-0.2, -0.15) is 0 Å². The number of fused-ring (bicyclic) bond motifs is 1. The second-order valence-electron chi connectivity index (χ2n) is 9.08. The molecule has 202 valence electrons. The Kier molecular flexibility index (Phi) is 7.68. The Hall–Kier alpha value is -5.25. The van der Waals surface area contributed by atoms with Crippen LogP contribution in [0.15, 0.2) is 94.6 Å². The molecule has 3 aromatic carbocycles. The van der Waals surface area contributed by atoms with E-state index in [-0.39, 0.29) is 23.0 Å². The Labute approximate surface area is 228 Å². The number of aryl methyl sites for hydroxylation is 1. The molecule has 0 saturated carbocycles. The van der Waals surface area contributed by atoms with Gasteiger partial charge in [0, 0.05) is 18.2 Å². The van der Waals surface area contributed by atoms with Gasteiger partial charge in [-0.05, 0) is 35.7 Å². The number of carboxylic acids is 1. The summed E-state index contributed by atoms with van der Waals surface area (Å²) in [6.45, 7) is 1.49. The van der Waals surface area contributed by atoms with Gasteiger partial charge in [-0.1, -0.05) is 55.5 Å². The average Bonchev–Trinajstić information content (AvgIpc) is 3.46. The van der Waals surface area contributed by atoms with E-state index in [1.807, 2.05) is 43.3 Å². The number of carbonyl (C=O) groups excluding carboxylic acids is 1. The molecule has 0 aliphatic heterocycles.